The van der Waals surface area contributed by atoms with Crippen LogP contribution in [0.4, 0.5) is 0 Å². The van der Waals surface area contributed by atoms with Crippen LogP contribution in [0.2, 0.25) is 0 Å². The molecule has 3 rings (SSSR count). The lowest BCUT2D eigenvalue weighted by molar-refractivity contribution is 0.330. The molecule has 20 heavy (non-hydrogen) atoms. The Labute approximate surface area is 120 Å². The van der Waals surface area contributed by atoms with Gasteiger partial charge in [-0.1, -0.05) is 6.07 Å². The lowest BCUT2D eigenvalue weighted by Crippen LogP contribution is -2.35. The van der Waals surface area contributed by atoms with Crippen LogP contribution in [0.1, 0.15) is 49.2 Å². The van der Waals surface area contributed by atoms with E-state index in [1.54, 1.807) is 0 Å². The summed E-state index contributed by atoms with van der Waals surface area (Å²) in [6, 6.07) is 5.11. The number of piperidine rings is 1. The highest BCUT2D eigenvalue weighted by Crippen LogP contribution is 2.25. The quantitative estimate of drug-likeness (QED) is 0.932. The average Bonchev–Trinajstić information content (AvgIpc) is 2.90. The number of hydrogen-bond acceptors (Lipinski definition) is 3. The monoisotopic (exact) mass is 270 g/mol. The van der Waals surface area contributed by atoms with Gasteiger partial charge in [-0.2, -0.15) is 0 Å². The molecule has 2 aromatic heterocycles. The molecule has 0 aliphatic carbocycles. The van der Waals surface area contributed by atoms with Gasteiger partial charge in [0.2, 0.25) is 0 Å². The molecule has 106 valence electrons. The molecule has 1 fully saturated rings. The third-order valence-corrected chi connectivity index (χ3v) is 4.16. The van der Waals surface area contributed by atoms with E-state index < -0.39 is 0 Å². The van der Waals surface area contributed by atoms with Gasteiger partial charge in [0.25, 0.3) is 0 Å². The summed E-state index contributed by atoms with van der Waals surface area (Å²) in [4.78, 5) is 8.83. The highest BCUT2D eigenvalue weighted by Gasteiger charge is 2.22. The van der Waals surface area contributed by atoms with Gasteiger partial charge in [-0.05, 0) is 44.7 Å². The molecule has 3 heterocycles. The van der Waals surface area contributed by atoms with Crippen molar-refractivity contribution in [2.24, 2.45) is 0 Å². The Balaban J connectivity index is 1.81. The molecule has 4 heteroatoms. The van der Waals surface area contributed by atoms with Gasteiger partial charge in [0, 0.05) is 24.5 Å². The minimum absolute atomic E-state index is 0.422. The van der Waals surface area contributed by atoms with Crippen molar-refractivity contribution in [3.8, 4) is 0 Å². The number of hydrogen-bond donors (Lipinski definition) is 1. The van der Waals surface area contributed by atoms with Gasteiger partial charge in [-0.3, -0.25) is 4.98 Å². The van der Waals surface area contributed by atoms with Gasteiger partial charge >= 0.3 is 0 Å². The fourth-order valence-electron chi connectivity index (χ4n) is 2.97. The first-order chi connectivity index (χ1) is 9.74. The molecule has 0 radical (unpaired) electrons. The van der Waals surface area contributed by atoms with E-state index in [2.05, 4.69) is 39.8 Å². The fraction of sp³-hybridized carbons (Fsp3) is 0.500. The minimum atomic E-state index is 0.422. The lowest BCUT2D eigenvalue weighted by atomic mass is 9.97. The van der Waals surface area contributed by atoms with E-state index in [1.807, 2.05) is 24.8 Å². The van der Waals surface area contributed by atoms with Crippen LogP contribution in [0.5, 0.6) is 0 Å². The van der Waals surface area contributed by atoms with E-state index in [0.29, 0.717) is 12.1 Å². The topological polar surface area (TPSA) is 42.7 Å². The number of nitrogens with one attached hydrogen (secondary N) is 1. The summed E-state index contributed by atoms with van der Waals surface area (Å²) < 4.78 is 2.23. The summed E-state index contributed by atoms with van der Waals surface area (Å²) in [5, 5.41) is 3.68. The third-order valence-electron chi connectivity index (χ3n) is 4.16. The Morgan fingerprint density at radius 3 is 3.10 bits per heavy atom. The average molecular weight is 270 g/mol. The van der Waals surface area contributed by atoms with Crippen LogP contribution in [0, 0.1) is 6.92 Å². The predicted molar refractivity (Wildman–Crippen MR) is 79.5 cm³/mol. The molecular weight excluding hydrogens is 248 g/mol. The molecule has 1 N–H and O–H groups in total. The molecule has 1 aliphatic rings. The van der Waals surface area contributed by atoms with Crippen molar-refractivity contribution in [2.75, 3.05) is 0 Å². The molecule has 2 aromatic rings. The molecule has 0 saturated carbocycles. The maximum Gasteiger partial charge on any atom is 0.0952 e. The van der Waals surface area contributed by atoms with Crippen LogP contribution in [-0.2, 0) is 6.54 Å². The van der Waals surface area contributed by atoms with Crippen molar-refractivity contribution in [1.82, 2.24) is 19.9 Å². The lowest BCUT2D eigenvalue weighted by Gasteiger charge is -2.29. The number of pyridine rings is 1. The van der Waals surface area contributed by atoms with E-state index in [4.69, 9.17) is 0 Å². The first-order valence-corrected chi connectivity index (χ1v) is 7.40. The van der Waals surface area contributed by atoms with Crippen molar-refractivity contribution in [3.05, 3.63) is 47.8 Å². The molecule has 1 aliphatic heterocycles. The number of imidazole rings is 1. The van der Waals surface area contributed by atoms with E-state index in [-0.39, 0.29) is 0 Å². The minimum Gasteiger partial charge on any atom is -0.327 e. The van der Waals surface area contributed by atoms with Gasteiger partial charge in [0.15, 0.2) is 0 Å². The Kier molecular flexibility index (Phi) is 3.83. The molecule has 2 unspecified atom stereocenters. The maximum atomic E-state index is 4.49. The molecule has 4 nitrogen and oxygen atoms in total. The summed E-state index contributed by atoms with van der Waals surface area (Å²) in [6.45, 7) is 5.17. The standard InChI is InChI=1S/C16H22N4/c1-12-5-4-8-18-15(12)10-20-11-17-9-16(20)14-7-3-6-13(2)19-14/h4-5,8-9,11,13-14,19H,3,6-7,10H2,1-2H3. The van der Waals surface area contributed by atoms with E-state index in [1.165, 1.54) is 30.5 Å². The second-order valence-electron chi connectivity index (χ2n) is 5.76. The zero-order chi connectivity index (χ0) is 13.9. The Hall–Kier alpha value is -1.68. The smallest absolute Gasteiger partial charge is 0.0952 e. The number of nitrogens with zero attached hydrogens (tertiary/aromatic N) is 3. The van der Waals surface area contributed by atoms with Gasteiger partial charge in [0.05, 0.1) is 24.3 Å². The predicted octanol–water partition coefficient (Wildman–Crippen LogP) is 2.84. The van der Waals surface area contributed by atoms with E-state index in [0.717, 1.165) is 12.2 Å². The molecule has 0 aromatic carbocycles. The van der Waals surface area contributed by atoms with Crippen LogP contribution in [0.15, 0.2) is 30.9 Å². The second-order valence-corrected chi connectivity index (χ2v) is 5.76. The summed E-state index contributed by atoms with van der Waals surface area (Å²) in [6.07, 6.45) is 9.52. The highest BCUT2D eigenvalue weighted by atomic mass is 15.1. The van der Waals surface area contributed by atoms with Crippen molar-refractivity contribution < 1.29 is 0 Å². The zero-order valence-corrected chi connectivity index (χ0v) is 12.2. The SMILES string of the molecule is Cc1cccnc1Cn1cncc1C1CCCC(C)N1. The van der Waals surface area contributed by atoms with Gasteiger partial charge in [-0.15, -0.1) is 0 Å². The van der Waals surface area contributed by atoms with Crippen LogP contribution < -0.4 is 5.32 Å². The molecular formula is C16H22N4. The summed E-state index contributed by atoms with van der Waals surface area (Å²) in [5.74, 6) is 0. The molecule has 0 bridgehead atoms. The highest BCUT2D eigenvalue weighted by molar-refractivity contribution is 5.19. The zero-order valence-electron chi connectivity index (χ0n) is 12.2. The Morgan fingerprint density at radius 1 is 1.40 bits per heavy atom. The summed E-state index contributed by atoms with van der Waals surface area (Å²) in [7, 11) is 0. The molecule has 0 amide bonds. The van der Waals surface area contributed by atoms with Gasteiger partial charge < -0.3 is 9.88 Å². The fourth-order valence-corrected chi connectivity index (χ4v) is 2.97. The first kappa shape index (κ1) is 13.3. The van der Waals surface area contributed by atoms with Crippen molar-refractivity contribution in [3.63, 3.8) is 0 Å². The first-order valence-electron chi connectivity index (χ1n) is 7.40. The van der Waals surface area contributed by atoms with E-state index in [9.17, 15) is 0 Å². The summed E-state index contributed by atoms with van der Waals surface area (Å²) in [5.41, 5.74) is 3.63. The van der Waals surface area contributed by atoms with Gasteiger partial charge in [-0.25, -0.2) is 4.98 Å². The second kappa shape index (κ2) is 5.75. The Bertz CT molecular complexity index is 575. The van der Waals surface area contributed by atoms with Crippen LogP contribution in [0.25, 0.3) is 0 Å². The maximum absolute atomic E-state index is 4.49. The number of aryl methyl sites for hydroxylation is 1. The normalized spacial score (nSPS) is 22.9. The van der Waals surface area contributed by atoms with Crippen LogP contribution in [0.3, 0.4) is 0 Å². The number of rotatable bonds is 3. The van der Waals surface area contributed by atoms with Gasteiger partial charge in [0.1, 0.15) is 0 Å². The van der Waals surface area contributed by atoms with E-state index >= 15 is 0 Å². The molecule has 2 atom stereocenters. The molecule has 0 spiro atoms. The van der Waals surface area contributed by atoms with Crippen LogP contribution >= 0.6 is 0 Å². The van der Waals surface area contributed by atoms with Crippen molar-refractivity contribution >= 4 is 0 Å². The van der Waals surface area contributed by atoms with Crippen LogP contribution in [-0.4, -0.2) is 20.6 Å². The van der Waals surface area contributed by atoms with Crippen molar-refractivity contribution in [2.45, 2.75) is 51.7 Å². The van der Waals surface area contributed by atoms with Crippen molar-refractivity contribution in [1.29, 1.82) is 0 Å². The largest absolute Gasteiger partial charge is 0.327 e. The molecule has 1 saturated heterocycles. The Morgan fingerprint density at radius 2 is 2.30 bits per heavy atom. The third kappa shape index (κ3) is 2.75. The summed E-state index contributed by atoms with van der Waals surface area (Å²) >= 11 is 0. The number of aromatic nitrogens is 3.